The number of halogens is 2. The molecule has 1 aromatic carbocycles. The number of hydrogen-bond donors (Lipinski definition) is 2. The fraction of sp³-hybridized carbons (Fsp3) is 0.500. The number of piperidine rings is 1. The van der Waals surface area contributed by atoms with Gasteiger partial charge in [0.2, 0.25) is 0 Å². The third-order valence-corrected chi connectivity index (χ3v) is 4.04. The van der Waals surface area contributed by atoms with Gasteiger partial charge in [-0.3, -0.25) is 4.79 Å². The molecule has 0 saturated carbocycles. The van der Waals surface area contributed by atoms with Crippen LogP contribution in [0.1, 0.15) is 23.2 Å². The first-order valence-corrected chi connectivity index (χ1v) is 7.48. The van der Waals surface area contributed by atoms with Crippen LogP contribution in [0.15, 0.2) is 18.2 Å². The first-order valence-electron chi connectivity index (χ1n) is 6.73. The maximum atomic E-state index is 11.9. The normalized spacial score (nSPS) is 16.1. The van der Waals surface area contributed by atoms with Crippen LogP contribution in [0.5, 0.6) is 0 Å². The fourth-order valence-electron chi connectivity index (χ4n) is 2.13. The van der Waals surface area contributed by atoms with Gasteiger partial charge in [-0.25, -0.2) is 0 Å². The zero-order valence-corrected chi connectivity index (χ0v) is 12.6. The average Bonchev–Trinajstić information content (AvgIpc) is 2.47. The summed E-state index contributed by atoms with van der Waals surface area (Å²) >= 11 is 11.9. The summed E-state index contributed by atoms with van der Waals surface area (Å²) in [5.74, 6) is -0.230. The van der Waals surface area contributed by atoms with Gasteiger partial charge in [0.15, 0.2) is 0 Å². The maximum absolute atomic E-state index is 11.9. The molecular formula is C14H18Cl2N2O2. The Kier molecular flexibility index (Phi) is 6.10. The molecule has 0 bridgehead atoms. The van der Waals surface area contributed by atoms with Crippen molar-refractivity contribution in [1.82, 2.24) is 10.6 Å². The lowest BCUT2D eigenvalue weighted by atomic mass is 10.1. The second-order valence-electron chi connectivity index (χ2n) is 4.68. The molecule has 0 aliphatic carbocycles. The predicted octanol–water partition coefficient (Wildman–Crippen LogP) is 2.49. The highest BCUT2D eigenvalue weighted by molar-refractivity contribution is 6.43. The Labute approximate surface area is 128 Å². The van der Waals surface area contributed by atoms with Crippen LogP contribution in [-0.2, 0) is 4.74 Å². The van der Waals surface area contributed by atoms with Gasteiger partial charge in [-0.15, -0.1) is 0 Å². The molecule has 2 rings (SSSR count). The highest BCUT2D eigenvalue weighted by atomic mass is 35.5. The molecule has 0 aromatic heterocycles. The zero-order chi connectivity index (χ0) is 14.4. The Morgan fingerprint density at radius 2 is 2.10 bits per heavy atom. The highest BCUT2D eigenvalue weighted by Gasteiger charge is 2.14. The van der Waals surface area contributed by atoms with Crippen molar-refractivity contribution in [2.75, 3.05) is 26.2 Å². The molecule has 4 nitrogen and oxygen atoms in total. The summed E-state index contributed by atoms with van der Waals surface area (Å²) in [6, 6.07) is 5.01. The smallest absolute Gasteiger partial charge is 0.252 e. The summed E-state index contributed by atoms with van der Waals surface area (Å²) in [6.45, 7) is 2.96. The van der Waals surface area contributed by atoms with Crippen molar-refractivity contribution in [3.05, 3.63) is 33.8 Å². The lowest BCUT2D eigenvalue weighted by Crippen LogP contribution is -2.34. The van der Waals surface area contributed by atoms with Gasteiger partial charge in [-0.1, -0.05) is 29.3 Å². The Balaban J connectivity index is 1.73. The number of rotatable bonds is 5. The molecule has 2 N–H and O–H groups in total. The SMILES string of the molecule is O=C(NCCOC1CCNCC1)c1cccc(Cl)c1Cl. The van der Waals surface area contributed by atoms with Crippen LogP contribution in [0.2, 0.25) is 10.0 Å². The van der Waals surface area contributed by atoms with E-state index in [9.17, 15) is 4.79 Å². The van der Waals surface area contributed by atoms with E-state index in [4.69, 9.17) is 27.9 Å². The Morgan fingerprint density at radius 1 is 1.35 bits per heavy atom. The summed E-state index contributed by atoms with van der Waals surface area (Å²) < 4.78 is 5.71. The number of nitrogens with one attached hydrogen (secondary N) is 2. The van der Waals surface area contributed by atoms with Crippen LogP contribution in [0.25, 0.3) is 0 Å². The standard InChI is InChI=1S/C14H18Cl2N2O2/c15-12-3-1-2-11(13(12)16)14(19)18-8-9-20-10-4-6-17-7-5-10/h1-3,10,17H,4-9H2,(H,18,19). The van der Waals surface area contributed by atoms with Crippen molar-refractivity contribution in [2.45, 2.75) is 18.9 Å². The van der Waals surface area contributed by atoms with E-state index in [1.54, 1.807) is 18.2 Å². The highest BCUT2D eigenvalue weighted by Crippen LogP contribution is 2.25. The molecule has 0 radical (unpaired) electrons. The Hall–Kier alpha value is -0.810. The summed E-state index contributed by atoms with van der Waals surface area (Å²) in [5.41, 5.74) is 0.390. The van der Waals surface area contributed by atoms with Crippen LogP contribution >= 0.6 is 23.2 Å². The largest absolute Gasteiger partial charge is 0.376 e. The van der Waals surface area contributed by atoms with Crippen LogP contribution in [0.3, 0.4) is 0 Å². The van der Waals surface area contributed by atoms with E-state index >= 15 is 0 Å². The molecule has 1 heterocycles. The van der Waals surface area contributed by atoms with Crippen molar-refractivity contribution in [3.63, 3.8) is 0 Å². The first kappa shape index (κ1) is 15.6. The maximum Gasteiger partial charge on any atom is 0.252 e. The van der Waals surface area contributed by atoms with E-state index in [2.05, 4.69) is 10.6 Å². The summed E-state index contributed by atoms with van der Waals surface area (Å²) in [6.07, 6.45) is 2.34. The topological polar surface area (TPSA) is 50.4 Å². The molecule has 20 heavy (non-hydrogen) atoms. The van der Waals surface area contributed by atoms with Gasteiger partial charge in [0.05, 0.1) is 28.3 Å². The molecule has 6 heteroatoms. The monoisotopic (exact) mass is 316 g/mol. The van der Waals surface area contributed by atoms with E-state index in [-0.39, 0.29) is 10.9 Å². The lowest BCUT2D eigenvalue weighted by Gasteiger charge is -2.22. The van der Waals surface area contributed by atoms with Gasteiger partial charge in [0, 0.05) is 6.54 Å². The summed E-state index contributed by atoms with van der Waals surface area (Å²) in [7, 11) is 0. The average molecular weight is 317 g/mol. The minimum atomic E-state index is -0.230. The number of ether oxygens (including phenoxy) is 1. The molecule has 110 valence electrons. The van der Waals surface area contributed by atoms with Crippen LogP contribution < -0.4 is 10.6 Å². The van der Waals surface area contributed by atoms with Gasteiger partial charge in [-0.05, 0) is 38.1 Å². The van der Waals surface area contributed by atoms with Gasteiger partial charge < -0.3 is 15.4 Å². The molecule has 1 aromatic rings. The van der Waals surface area contributed by atoms with E-state index in [0.717, 1.165) is 25.9 Å². The van der Waals surface area contributed by atoms with Crippen molar-refractivity contribution in [1.29, 1.82) is 0 Å². The van der Waals surface area contributed by atoms with Crippen molar-refractivity contribution < 1.29 is 9.53 Å². The number of hydrogen-bond acceptors (Lipinski definition) is 3. The Bertz CT molecular complexity index is 462. The zero-order valence-electron chi connectivity index (χ0n) is 11.1. The third kappa shape index (κ3) is 4.35. The van der Waals surface area contributed by atoms with E-state index in [0.29, 0.717) is 29.8 Å². The lowest BCUT2D eigenvalue weighted by molar-refractivity contribution is 0.0343. The van der Waals surface area contributed by atoms with Crippen LogP contribution in [-0.4, -0.2) is 38.3 Å². The van der Waals surface area contributed by atoms with E-state index in [1.807, 2.05) is 0 Å². The van der Waals surface area contributed by atoms with Crippen molar-refractivity contribution in [3.8, 4) is 0 Å². The number of carbonyl (C=O) groups is 1. The van der Waals surface area contributed by atoms with Gasteiger partial charge >= 0.3 is 0 Å². The molecule has 1 amide bonds. The van der Waals surface area contributed by atoms with Gasteiger partial charge in [0.25, 0.3) is 5.91 Å². The molecule has 0 spiro atoms. The summed E-state index contributed by atoms with van der Waals surface area (Å²) in [4.78, 5) is 11.9. The van der Waals surface area contributed by atoms with Gasteiger partial charge in [0.1, 0.15) is 0 Å². The molecule has 1 fully saturated rings. The molecule has 0 unspecified atom stereocenters. The minimum absolute atomic E-state index is 0.230. The number of carbonyl (C=O) groups excluding carboxylic acids is 1. The molecule has 0 atom stereocenters. The third-order valence-electron chi connectivity index (χ3n) is 3.22. The van der Waals surface area contributed by atoms with E-state index in [1.165, 1.54) is 0 Å². The fourth-order valence-corrected chi connectivity index (χ4v) is 2.51. The Morgan fingerprint density at radius 3 is 2.85 bits per heavy atom. The number of amides is 1. The molecule has 1 aliphatic heterocycles. The van der Waals surface area contributed by atoms with Crippen LogP contribution in [0, 0.1) is 0 Å². The molecule has 1 saturated heterocycles. The quantitative estimate of drug-likeness (QED) is 0.821. The minimum Gasteiger partial charge on any atom is -0.376 e. The van der Waals surface area contributed by atoms with E-state index < -0.39 is 0 Å². The second kappa shape index (κ2) is 7.84. The van der Waals surface area contributed by atoms with Crippen molar-refractivity contribution in [2.24, 2.45) is 0 Å². The number of benzene rings is 1. The summed E-state index contributed by atoms with van der Waals surface area (Å²) in [5, 5.41) is 6.73. The van der Waals surface area contributed by atoms with Crippen molar-refractivity contribution >= 4 is 29.1 Å². The molecule has 1 aliphatic rings. The first-order chi connectivity index (χ1) is 9.68. The predicted molar refractivity (Wildman–Crippen MR) is 80.6 cm³/mol. The van der Waals surface area contributed by atoms with Crippen LogP contribution in [0.4, 0.5) is 0 Å². The second-order valence-corrected chi connectivity index (χ2v) is 5.46. The molecular weight excluding hydrogens is 299 g/mol. The van der Waals surface area contributed by atoms with Gasteiger partial charge in [-0.2, -0.15) is 0 Å².